The molecule has 21 heavy (non-hydrogen) atoms. The van der Waals surface area contributed by atoms with Crippen molar-refractivity contribution in [1.29, 1.82) is 0 Å². The van der Waals surface area contributed by atoms with E-state index in [9.17, 15) is 0 Å². The Hall–Kier alpha value is -2.40. The molecule has 0 aliphatic heterocycles. The lowest BCUT2D eigenvalue weighted by atomic mass is 10.1. The van der Waals surface area contributed by atoms with E-state index < -0.39 is 0 Å². The lowest BCUT2D eigenvalue weighted by Gasteiger charge is -2.05. The Balaban J connectivity index is 1.77. The van der Waals surface area contributed by atoms with E-state index in [0.29, 0.717) is 13.2 Å². The number of ether oxygens (including phenoxy) is 1. The maximum Gasteiger partial charge on any atom is 0.134 e. The zero-order chi connectivity index (χ0) is 14.7. The summed E-state index contributed by atoms with van der Waals surface area (Å²) in [5.41, 5.74) is 2.91. The molecule has 0 fully saturated rings. The molecule has 0 saturated heterocycles. The third kappa shape index (κ3) is 2.87. The fourth-order valence-corrected chi connectivity index (χ4v) is 2.29. The molecular weight excluding hydrogens is 266 g/mol. The minimum Gasteiger partial charge on any atom is -0.459 e. The fourth-order valence-electron chi connectivity index (χ4n) is 2.29. The van der Waals surface area contributed by atoms with Gasteiger partial charge >= 0.3 is 0 Å². The number of fused-ring (bicyclic) bond motifs is 1. The second-order valence-electron chi connectivity index (χ2n) is 4.83. The van der Waals surface area contributed by atoms with Crippen molar-refractivity contribution in [3.8, 4) is 0 Å². The van der Waals surface area contributed by atoms with Crippen LogP contribution in [0.2, 0.25) is 0 Å². The van der Waals surface area contributed by atoms with Gasteiger partial charge in [0.1, 0.15) is 23.5 Å². The number of anilines is 1. The van der Waals surface area contributed by atoms with Gasteiger partial charge in [-0.3, -0.25) is 0 Å². The highest BCUT2D eigenvalue weighted by Gasteiger charge is 2.09. The van der Waals surface area contributed by atoms with Gasteiger partial charge in [-0.05, 0) is 13.0 Å². The van der Waals surface area contributed by atoms with E-state index in [0.717, 1.165) is 33.8 Å². The zero-order valence-corrected chi connectivity index (χ0v) is 12.1. The summed E-state index contributed by atoms with van der Waals surface area (Å²) in [5, 5.41) is 4.41. The van der Waals surface area contributed by atoms with E-state index in [1.165, 1.54) is 6.33 Å². The van der Waals surface area contributed by atoms with Gasteiger partial charge in [0.2, 0.25) is 0 Å². The van der Waals surface area contributed by atoms with Crippen LogP contribution >= 0.6 is 0 Å². The Morgan fingerprint density at radius 1 is 1.24 bits per heavy atom. The number of nitrogens with zero attached hydrogens (tertiary/aromatic N) is 2. The summed E-state index contributed by atoms with van der Waals surface area (Å²) in [5.74, 6) is 1.68. The van der Waals surface area contributed by atoms with Gasteiger partial charge in [0.15, 0.2) is 0 Å². The van der Waals surface area contributed by atoms with Crippen molar-refractivity contribution in [3.63, 3.8) is 0 Å². The summed E-state index contributed by atoms with van der Waals surface area (Å²) >= 11 is 0. The first kappa shape index (κ1) is 13.6. The minimum absolute atomic E-state index is 0.473. The number of hydrogen-bond donors (Lipinski definition) is 1. The molecule has 0 radical (unpaired) electrons. The van der Waals surface area contributed by atoms with Crippen molar-refractivity contribution in [1.82, 2.24) is 9.97 Å². The van der Waals surface area contributed by atoms with Gasteiger partial charge in [0.25, 0.3) is 0 Å². The predicted octanol–water partition coefficient (Wildman–Crippen LogP) is 3.29. The smallest absolute Gasteiger partial charge is 0.134 e. The molecule has 0 amide bonds. The van der Waals surface area contributed by atoms with Crippen LogP contribution in [0.1, 0.15) is 17.0 Å². The van der Waals surface area contributed by atoms with Crippen molar-refractivity contribution in [3.05, 3.63) is 53.7 Å². The van der Waals surface area contributed by atoms with Crippen LogP contribution in [-0.2, 0) is 17.9 Å². The van der Waals surface area contributed by atoms with E-state index in [1.807, 2.05) is 24.3 Å². The second-order valence-corrected chi connectivity index (χ2v) is 4.83. The van der Waals surface area contributed by atoms with Gasteiger partial charge in [0, 0.05) is 24.1 Å². The molecule has 5 nitrogen and oxygen atoms in total. The summed E-state index contributed by atoms with van der Waals surface area (Å²) in [6, 6.07) is 9.92. The van der Waals surface area contributed by atoms with E-state index in [1.54, 1.807) is 7.11 Å². The van der Waals surface area contributed by atoms with E-state index in [-0.39, 0.29) is 0 Å². The summed E-state index contributed by atoms with van der Waals surface area (Å²) < 4.78 is 10.9. The molecule has 0 bridgehead atoms. The number of rotatable bonds is 5. The SMILES string of the molecule is COCc1cc(NCc2oc3ccccc3c2C)ncn1. The monoisotopic (exact) mass is 283 g/mol. The lowest BCUT2D eigenvalue weighted by molar-refractivity contribution is 0.181. The van der Waals surface area contributed by atoms with Crippen molar-refractivity contribution in [2.24, 2.45) is 0 Å². The van der Waals surface area contributed by atoms with Crippen LogP contribution in [0.5, 0.6) is 0 Å². The molecule has 2 aromatic heterocycles. The molecule has 2 heterocycles. The highest BCUT2D eigenvalue weighted by molar-refractivity contribution is 5.81. The molecular formula is C16H17N3O2. The maximum atomic E-state index is 5.87. The number of para-hydroxylation sites is 1. The first-order chi connectivity index (χ1) is 10.3. The molecule has 0 aliphatic rings. The number of nitrogens with one attached hydrogen (secondary N) is 1. The molecule has 0 spiro atoms. The average Bonchev–Trinajstić information content (AvgIpc) is 2.83. The Morgan fingerprint density at radius 3 is 2.90 bits per heavy atom. The van der Waals surface area contributed by atoms with Crippen molar-refractivity contribution in [2.45, 2.75) is 20.1 Å². The van der Waals surface area contributed by atoms with Crippen molar-refractivity contribution >= 4 is 16.8 Å². The van der Waals surface area contributed by atoms with Crippen LogP contribution in [0.25, 0.3) is 11.0 Å². The number of benzene rings is 1. The number of hydrogen-bond acceptors (Lipinski definition) is 5. The zero-order valence-electron chi connectivity index (χ0n) is 12.1. The van der Waals surface area contributed by atoms with Gasteiger partial charge < -0.3 is 14.5 Å². The van der Waals surface area contributed by atoms with Crippen LogP contribution in [0.4, 0.5) is 5.82 Å². The standard InChI is InChI=1S/C16H17N3O2/c1-11-13-5-3-4-6-14(13)21-15(11)8-17-16-7-12(9-20-2)18-10-19-16/h3-7,10H,8-9H2,1-2H3,(H,17,18,19). The molecule has 1 aromatic carbocycles. The molecule has 0 atom stereocenters. The lowest BCUT2D eigenvalue weighted by Crippen LogP contribution is -2.03. The normalized spacial score (nSPS) is 11.0. The fraction of sp³-hybridized carbons (Fsp3) is 0.250. The van der Waals surface area contributed by atoms with Gasteiger partial charge in [-0.15, -0.1) is 0 Å². The molecule has 108 valence electrons. The van der Waals surface area contributed by atoms with Gasteiger partial charge in [-0.2, -0.15) is 0 Å². The van der Waals surface area contributed by atoms with Crippen LogP contribution < -0.4 is 5.32 Å². The maximum absolute atomic E-state index is 5.87. The van der Waals surface area contributed by atoms with Gasteiger partial charge in [-0.25, -0.2) is 9.97 Å². The Labute approximate surface area is 123 Å². The molecule has 5 heteroatoms. The van der Waals surface area contributed by atoms with E-state index in [4.69, 9.17) is 9.15 Å². The van der Waals surface area contributed by atoms with Crippen molar-refractivity contribution < 1.29 is 9.15 Å². The van der Waals surface area contributed by atoms with Gasteiger partial charge in [-0.1, -0.05) is 18.2 Å². The molecule has 1 N–H and O–H groups in total. The Morgan fingerprint density at radius 2 is 2.10 bits per heavy atom. The summed E-state index contributed by atoms with van der Waals surface area (Å²) in [6.07, 6.45) is 1.53. The number of furan rings is 1. The van der Waals surface area contributed by atoms with Gasteiger partial charge in [0.05, 0.1) is 18.8 Å². The molecule has 3 aromatic rings. The minimum atomic E-state index is 0.473. The summed E-state index contributed by atoms with van der Waals surface area (Å²) in [7, 11) is 1.65. The van der Waals surface area contributed by atoms with E-state index >= 15 is 0 Å². The highest BCUT2D eigenvalue weighted by Crippen LogP contribution is 2.25. The molecule has 0 saturated carbocycles. The number of aromatic nitrogens is 2. The molecule has 0 aliphatic carbocycles. The topological polar surface area (TPSA) is 60.2 Å². The van der Waals surface area contributed by atoms with E-state index in [2.05, 4.69) is 28.3 Å². The summed E-state index contributed by atoms with van der Waals surface area (Å²) in [4.78, 5) is 8.34. The van der Waals surface area contributed by atoms with Crippen LogP contribution in [0.3, 0.4) is 0 Å². The quantitative estimate of drug-likeness (QED) is 0.778. The largest absolute Gasteiger partial charge is 0.459 e. The van der Waals surface area contributed by atoms with Crippen LogP contribution in [0.15, 0.2) is 41.1 Å². The first-order valence-corrected chi connectivity index (χ1v) is 6.78. The summed E-state index contributed by atoms with van der Waals surface area (Å²) in [6.45, 7) is 3.13. The van der Waals surface area contributed by atoms with Crippen molar-refractivity contribution in [2.75, 3.05) is 12.4 Å². The predicted molar refractivity (Wildman–Crippen MR) is 81.0 cm³/mol. The average molecular weight is 283 g/mol. The Bertz CT molecular complexity index is 752. The third-order valence-corrected chi connectivity index (χ3v) is 3.39. The number of methoxy groups -OCH3 is 1. The highest BCUT2D eigenvalue weighted by atomic mass is 16.5. The van der Waals surface area contributed by atoms with Crippen LogP contribution in [-0.4, -0.2) is 17.1 Å². The molecule has 0 unspecified atom stereocenters. The second kappa shape index (κ2) is 5.93. The molecule has 3 rings (SSSR count). The third-order valence-electron chi connectivity index (χ3n) is 3.39. The van der Waals surface area contributed by atoms with Crippen LogP contribution in [0, 0.1) is 6.92 Å². The first-order valence-electron chi connectivity index (χ1n) is 6.78. The Kier molecular flexibility index (Phi) is 3.83. The number of aryl methyl sites for hydroxylation is 1.